The second-order valence-electron chi connectivity index (χ2n) is 6.42. The average Bonchev–Trinajstić information content (AvgIpc) is 2.71. The fourth-order valence-corrected chi connectivity index (χ4v) is 3.50. The molecule has 0 aliphatic carbocycles. The first-order chi connectivity index (χ1) is 14.1. The maximum atomic E-state index is 12.4. The van der Waals surface area contributed by atoms with Crippen LogP contribution in [0.4, 0.5) is 0 Å². The van der Waals surface area contributed by atoms with E-state index in [1.54, 1.807) is 0 Å². The highest BCUT2D eigenvalue weighted by Crippen LogP contribution is 2.12. The van der Waals surface area contributed by atoms with Gasteiger partial charge in [0.15, 0.2) is 5.78 Å². The Morgan fingerprint density at radius 3 is 2.07 bits per heavy atom. The molecule has 0 spiro atoms. The number of carbonyl (C=O) groups is 4. The fourth-order valence-electron chi connectivity index (χ4n) is 2.48. The number of benzene rings is 2. The summed E-state index contributed by atoms with van der Waals surface area (Å²) in [6.45, 7) is 1.35. The van der Waals surface area contributed by atoms with Crippen molar-refractivity contribution >= 4 is 34.0 Å². The lowest BCUT2D eigenvalue weighted by Crippen LogP contribution is -2.37. The van der Waals surface area contributed by atoms with E-state index in [1.807, 2.05) is 0 Å². The zero-order valence-electron chi connectivity index (χ0n) is 16.0. The van der Waals surface area contributed by atoms with Crippen LogP contribution in [0.2, 0.25) is 0 Å². The van der Waals surface area contributed by atoms with E-state index in [0.717, 1.165) is 0 Å². The normalized spacial score (nSPS) is 12.0. The Kier molecular flexibility index (Phi) is 7.56. The van der Waals surface area contributed by atoms with Gasteiger partial charge in [0.25, 0.3) is 5.91 Å². The van der Waals surface area contributed by atoms with Crippen molar-refractivity contribution in [1.82, 2.24) is 10.0 Å². The molecule has 2 rings (SSSR count). The van der Waals surface area contributed by atoms with E-state index in [4.69, 9.17) is 5.11 Å². The Bertz CT molecular complexity index is 1050. The molecule has 0 unspecified atom stereocenters. The molecule has 0 aliphatic rings. The highest BCUT2D eigenvalue weighted by Gasteiger charge is 2.17. The molecule has 3 N–H and O–H groups in total. The third-order valence-electron chi connectivity index (χ3n) is 4.13. The Balaban J connectivity index is 1.99. The van der Waals surface area contributed by atoms with Gasteiger partial charge in [-0.15, -0.1) is 0 Å². The Morgan fingerprint density at radius 2 is 1.57 bits per heavy atom. The Morgan fingerprint density at radius 1 is 1.00 bits per heavy atom. The second-order valence-corrected chi connectivity index (χ2v) is 8.18. The summed E-state index contributed by atoms with van der Waals surface area (Å²) >= 11 is 0. The van der Waals surface area contributed by atoms with Crippen molar-refractivity contribution in [3.8, 4) is 0 Å². The van der Waals surface area contributed by atoms with Crippen LogP contribution < -0.4 is 10.0 Å². The number of carboxylic acids is 1. The number of Topliss-reactive ketones (excluding diaryl/α,β-unsaturated/α-hetero) is 1. The largest absolute Gasteiger partial charge is 0.481 e. The quantitative estimate of drug-likeness (QED) is 0.377. The van der Waals surface area contributed by atoms with Crippen LogP contribution in [-0.2, 0) is 26.2 Å². The maximum Gasteiger partial charge on any atom is 0.305 e. The van der Waals surface area contributed by atoms with Crippen LogP contribution in [0.25, 0.3) is 0 Å². The van der Waals surface area contributed by atoms with Crippen molar-refractivity contribution in [3.63, 3.8) is 0 Å². The molecule has 10 heteroatoms. The number of carbonyl (C=O) groups excluding carboxylic acids is 3. The third-order valence-corrected chi connectivity index (χ3v) is 5.55. The van der Waals surface area contributed by atoms with Gasteiger partial charge in [-0.25, -0.2) is 13.1 Å². The number of ketones is 1. The molecule has 158 valence electrons. The van der Waals surface area contributed by atoms with E-state index in [1.165, 1.54) is 55.5 Å². The van der Waals surface area contributed by atoms with Crippen molar-refractivity contribution in [3.05, 3.63) is 65.2 Å². The number of sulfonamides is 1. The Labute approximate surface area is 173 Å². The SMILES string of the molecule is CC(=O)c1ccc(S(=O)(=O)NCc2ccc(C(=O)N[C@H](C=O)CC(=O)O)cc2)cc1. The molecule has 0 aromatic heterocycles. The van der Waals surface area contributed by atoms with E-state index in [0.29, 0.717) is 17.4 Å². The average molecular weight is 432 g/mol. The molecule has 0 heterocycles. The number of hydrogen-bond donors (Lipinski definition) is 3. The van der Waals surface area contributed by atoms with Crippen molar-refractivity contribution in [2.45, 2.75) is 30.8 Å². The first-order valence-corrected chi connectivity index (χ1v) is 10.3. The number of carboxylic acid groups (broad SMARTS) is 1. The highest BCUT2D eigenvalue weighted by molar-refractivity contribution is 7.89. The molecule has 1 atom stereocenters. The van der Waals surface area contributed by atoms with Crippen LogP contribution in [0, 0.1) is 0 Å². The van der Waals surface area contributed by atoms with Crippen LogP contribution in [-0.4, -0.2) is 43.5 Å². The van der Waals surface area contributed by atoms with Crippen molar-refractivity contribution in [1.29, 1.82) is 0 Å². The summed E-state index contributed by atoms with van der Waals surface area (Å²) in [7, 11) is -3.79. The van der Waals surface area contributed by atoms with Gasteiger partial charge in [-0.1, -0.05) is 24.3 Å². The summed E-state index contributed by atoms with van der Waals surface area (Å²) < 4.78 is 27.2. The van der Waals surface area contributed by atoms with Crippen LogP contribution in [0.5, 0.6) is 0 Å². The predicted molar refractivity (Wildman–Crippen MR) is 106 cm³/mol. The molecule has 0 bridgehead atoms. The lowest BCUT2D eigenvalue weighted by atomic mass is 10.1. The monoisotopic (exact) mass is 432 g/mol. The van der Waals surface area contributed by atoms with Gasteiger partial charge in [0, 0.05) is 17.7 Å². The van der Waals surface area contributed by atoms with E-state index >= 15 is 0 Å². The van der Waals surface area contributed by atoms with Gasteiger partial charge >= 0.3 is 5.97 Å². The van der Waals surface area contributed by atoms with Crippen LogP contribution in [0.15, 0.2) is 53.4 Å². The summed E-state index contributed by atoms with van der Waals surface area (Å²) in [5, 5.41) is 11.0. The third kappa shape index (κ3) is 6.33. The second kappa shape index (κ2) is 9.90. The van der Waals surface area contributed by atoms with Gasteiger partial charge in [0.05, 0.1) is 17.4 Å². The molecule has 1 amide bonds. The summed E-state index contributed by atoms with van der Waals surface area (Å²) in [5.41, 5.74) is 1.18. The maximum absolute atomic E-state index is 12.4. The van der Waals surface area contributed by atoms with Crippen molar-refractivity contribution in [2.24, 2.45) is 0 Å². The highest BCUT2D eigenvalue weighted by atomic mass is 32.2. The van der Waals surface area contributed by atoms with Crippen LogP contribution >= 0.6 is 0 Å². The minimum absolute atomic E-state index is 0.0156. The van der Waals surface area contributed by atoms with E-state index in [2.05, 4.69) is 10.0 Å². The minimum atomic E-state index is -3.79. The lowest BCUT2D eigenvalue weighted by Gasteiger charge is -2.11. The zero-order chi connectivity index (χ0) is 22.3. The molecular weight excluding hydrogens is 412 g/mol. The first-order valence-electron chi connectivity index (χ1n) is 8.80. The minimum Gasteiger partial charge on any atom is -0.481 e. The van der Waals surface area contributed by atoms with E-state index in [9.17, 15) is 27.6 Å². The number of rotatable bonds is 10. The molecule has 9 nitrogen and oxygen atoms in total. The number of nitrogens with one attached hydrogen (secondary N) is 2. The number of amides is 1. The number of aliphatic carboxylic acids is 1. The molecule has 0 aliphatic heterocycles. The van der Waals surface area contributed by atoms with Gasteiger partial charge in [0.1, 0.15) is 6.29 Å². The summed E-state index contributed by atoms with van der Waals surface area (Å²) in [6.07, 6.45) is -0.180. The van der Waals surface area contributed by atoms with E-state index in [-0.39, 0.29) is 22.8 Å². The van der Waals surface area contributed by atoms with Gasteiger partial charge in [-0.2, -0.15) is 0 Å². The van der Waals surface area contributed by atoms with Gasteiger partial charge in [0.2, 0.25) is 10.0 Å². The van der Waals surface area contributed by atoms with Crippen molar-refractivity contribution < 1.29 is 32.7 Å². The molecule has 0 radical (unpaired) electrons. The smallest absolute Gasteiger partial charge is 0.305 e. The Hall–Kier alpha value is -3.37. The number of hydrogen-bond acceptors (Lipinski definition) is 6. The molecule has 2 aromatic rings. The van der Waals surface area contributed by atoms with Crippen LogP contribution in [0.3, 0.4) is 0 Å². The standard InChI is InChI=1S/C20H20N2O7S/c1-13(24)15-6-8-18(9-7-15)30(28,29)21-11-14-2-4-16(5-3-14)20(27)22-17(12-23)10-19(25)26/h2-9,12,17,21H,10-11H2,1H3,(H,22,27)(H,25,26)/t17-/m0/s1. The molecule has 2 aromatic carbocycles. The topological polar surface area (TPSA) is 147 Å². The summed E-state index contributed by atoms with van der Waals surface area (Å²) in [5.74, 6) is -2.00. The zero-order valence-corrected chi connectivity index (χ0v) is 16.8. The van der Waals surface area contributed by atoms with Gasteiger partial charge in [-0.3, -0.25) is 14.4 Å². The predicted octanol–water partition coefficient (Wildman–Crippen LogP) is 1.14. The molecular formula is C20H20N2O7S. The fraction of sp³-hybridized carbons (Fsp3) is 0.200. The van der Waals surface area contributed by atoms with E-state index < -0.39 is 34.4 Å². The first kappa shape index (κ1) is 22.9. The molecule has 30 heavy (non-hydrogen) atoms. The molecule has 0 fully saturated rings. The van der Waals surface area contributed by atoms with Gasteiger partial charge < -0.3 is 15.2 Å². The number of aldehydes is 1. The van der Waals surface area contributed by atoms with Crippen molar-refractivity contribution in [2.75, 3.05) is 0 Å². The lowest BCUT2D eigenvalue weighted by molar-refractivity contribution is -0.138. The molecule has 0 saturated heterocycles. The molecule has 0 saturated carbocycles. The van der Waals surface area contributed by atoms with Gasteiger partial charge in [-0.05, 0) is 36.8 Å². The summed E-state index contributed by atoms with van der Waals surface area (Å²) in [6, 6.07) is 10.3. The summed E-state index contributed by atoms with van der Waals surface area (Å²) in [4.78, 5) is 44.9. The van der Waals surface area contributed by atoms with Crippen LogP contribution in [0.1, 0.15) is 39.6 Å².